The standard InChI is InChI=1S/C9H9BrF3NO3/c10-6-1-7(17-4-6)2-14(3-8(15)16)5-9(11,12)13/h1,4H,2-3,5H2,(H,15,16). The van der Waals surface area contributed by atoms with E-state index in [4.69, 9.17) is 9.52 Å². The van der Waals surface area contributed by atoms with Gasteiger partial charge in [0.25, 0.3) is 0 Å². The molecule has 96 valence electrons. The Kier molecular flexibility index (Phi) is 4.58. The quantitative estimate of drug-likeness (QED) is 0.907. The van der Waals surface area contributed by atoms with Crippen LogP contribution < -0.4 is 0 Å². The summed E-state index contributed by atoms with van der Waals surface area (Å²) in [6.07, 6.45) is -3.12. The van der Waals surface area contributed by atoms with Crippen LogP contribution in [0.1, 0.15) is 5.76 Å². The number of furan rings is 1. The third kappa shape index (κ3) is 5.73. The lowest BCUT2D eigenvalue weighted by atomic mass is 10.3. The van der Waals surface area contributed by atoms with Gasteiger partial charge in [0.05, 0.1) is 24.1 Å². The molecule has 0 aliphatic carbocycles. The van der Waals surface area contributed by atoms with Gasteiger partial charge in [-0.1, -0.05) is 0 Å². The van der Waals surface area contributed by atoms with Crippen LogP contribution in [0.15, 0.2) is 21.2 Å². The Hall–Kier alpha value is -1.02. The molecule has 1 heterocycles. The fourth-order valence-electron chi connectivity index (χ4n) is 1.27. The van der Waals surface area contributed by atoms with E-state index in [9.17, 15) is 18.0 Å². The van der Waals surface area contributed by atoms with Gasteiger partial charge in [0, 0.05) is 0 Å². The van der Waals surface area contributed by atoms with Crippen LogP contribution in [-0.2, 0) is 11.3 Å². The van der Waals surface area contributed by atoms with Gasteiger partial charge < -0.3 is 9.52 Å². The van der Waals surface area contributed by atoms with E-state index in [0.717, 1.165) is 4.90 Å². The first kappa shape index (κ1) is 14.0. The third-order valence-corrected chi connectivity index (χ3v) is 2.18. The van der Waals surface area contributed by atoms with Gasteiger partial charge in [-0.25, -0.2) is 0 Å². The number of rotatable bonds is 5. The van der Waals surface area contributed by atoms with Gasteiger partial charge in [-0.15, -0.1) is 0 Å². The van der Waals surface area contributed by atoms with Gasteiger partial charge in [-0.05, 0) is 22.0 Å². The summed E-state index contributed by atoms with van der Waals surface area (Å²) in [7, 11) is 0. The van der Waals surface area contributed by atoms with Gasteiger partial charge in [0.15, 0.2) is 0 Å². The Morgan fingerprint density at radius 2 is 2.18 bits per heavy atom. The summed E-state index contributed by atoms with van der Waals surface area (Å²) in [6, 6.07) is 1.49. The Morgan fingerprint density at radius 3 is 2.59 bits per heavy atom. The first-order valence-corrected chi connectivity index (χ1v) is 5.29. The summed E-state index contributed by atoms with van der Waals surface area (Å²) >= 11 is 3.08. The highest BCUT2D eigenvalue weighted by Gasteiger charge is 2.31. The Bertz CT molecular complexity index is 391. The van der Waals surface area contributed by atoms with Gasteiger partial charge in [0.1, 0.15) is 12.0 Å². The van der Waals surface area contributed by atoms with Gasteiger partial charge in [0.2, 0.25) is 0 Å². The van der Waals surface area contributed by atoms with Crippen molar-refractivity contribution in [2.45, 2.75) is 12.7 Å². The molecule has 0 spiro atoms. The van der Waals surface area contributed by atoms with Crippen molar-refractivity contribution in [3.63, 3.8) is 0 Å². The molecule has 0 saturated heterocycles. The summed E-state index contributed by atoms with van der Waals surface area (Å²) in [5, 5.41) is 8.52. The van der Waals surface area contributed by atoms with E-state index in [1.54, 1.807) is 0 Å². The number of hydrogen-bond acceptors (Lipinski definition) is 3. The molecule has 4 nitrogen and oxygen atoms in total. The van der Waals surface area contributed by atoms with Crippen molar-refractivity contribution in [1.82, 2.24) is 4.90 Å². The molecule has 17 heavy (non-hydrogen) atoms. The Labute approximate surface area is 103 Å². The van der Waals surface area contributed by atoms with Crippen LogP contribution in [0.25, 0.3) is 0 Å². The lowest BCUT2D eigenvalue weighted by Crippen LogP contribution is -2.37. The topological polar surface area (TPSA) is 53.7 Å². The highest BCUT2D eigenvalue weighted by molar-refractivity contribution is 9.10. The zero-order chi connectivity index (χ0) is 13.1. The highest BCUT2D eigenvalue weighted by atomic mass is 79.9. The van der Waals surface area contributed by atoms with E-state index in [2.05, 4.69) is 15.9 Å². The molecule has 0 aromatic carbocycles. The first-order valence-electron chi connectivity index (χ1n) is 4.50. The molecule has 1 aromatic rings. The second-order valence-electron chi connectivity index (χ2n) is 3.39. The Morgan fingerprint density at radius 1 is 1.53 bits per heavy atom. The lowest BCUT2D eigenvalue weighted by molar-refractivity contribution is -0.155. The van der Waals surface area contributed by atoms with Crippen molar-refractivity contribution < 1.29 is 27.5 Å². The van der Waals surface area contributed by atoms with Crippen molar-refractivity contribution in [2.24, 2.45) is 0 Å². The zero-order valence-electron chi connectivity index (χ0n) is 8.50. The van der Waals surface area contributed by atoms with E-state index in [-0.39, 0.29) is 12.3 Å². The third-order valence-electron chi connectivity index (χ3n) is 1.76. The van der Waals surface area contributed by atoms with Crippen LogP contribution >= 0.6 is 15.9 Å². The summed E-state index contributed by atoms with van der Waals surface area (Å²) in [6.45, 7) is -2.20. The predicted octanol–water partition coefficient (Wildman–Crippen LogP) is 2.49. The zero-order valence-corrected chi connectivity index (χ0v) is 10.1. The molecule has 1 aromatic heterocycles. The van der Waals surface area contributed by atoms with Crippen LogP contribution in [0.5, 0.6) is 0 Å². The maximum absolute atomic E-state index is 12.2. The summed E-state index contributed by atoms with van der Waals surface area (Å²) in [4.78, 5) is 11.2. The smallest absolute Gasteiger partial charge is 0.401 e. The van der Waals surface area contributed by atoms with Crippen LogP contribution in [-0.4, -0.2) is 35.2 Å². The molecule has 1 rings (SSSR count). The molecule has 0 aliphatic rings. The van der Waals surface area contributed by atoms with Crippen molar-refractivity contribution in [3.05, 3.63) is 22.6 Å². The van der Waals surface area contributed by atoms with Crippen molar-refractivity contribution in [1.29, 1.82) is 0 Å². The molecule has 8 heteroatoms. The minimum atomic E-state index is -4.45. The molecule has 0 saturated carbocycles. The molecular weight excluding hydrogens is 307 g/mol. The SMILES string of the molecule is O=C(O)CN(Cc1cc(Br)co1)CC(F)(F)F. The monoisotopic (exact) mass is 315 g/mol. The number of nitrogens with zero attached hydrogens (tertiary/aromatic N) is 1. The molecule has 0 bridgehead atoms. The fraction of sp³-hybridized carbons (Fsp3) is 0.444. The van der Waals surface area contributed by atoms with Gasteiger partial charge in [-0.3, -0.25) is 9.69 Å². The Balaban J connectivity index is 2.66. The maximum Gasteiger partial charge on any atom is 0.401 e. The first-order chi connectivity index (χ1) is 7.76. The number of carbonyl (C=O) groups is 1. The normalized spacial score (nSPS) is 12.1. The molecule has 0 amide bonds. The number of carboxylic acid groups (broad SMARTS) is 1. The van der Waals surface area contributed by atoms with Crippen molar-refractivity contribution in [3.8, 4) is 0 Å². The second-order valence-corrected chi connectivity index (χ2v) is 4.30. The molecule has 0 aliphatic heterocycles. The van der Waals surface area contributed by atoms with Crippen LogP contribution in [0.2, 0.25) is 0 Å². The predicted molar refractivity (Wildman–Crippen MR) is 55.4 cm³/mol. The second kappa shape index (κ2) is 5.54. The lowest BCUT2D eigenvalue weighted by Gasteiger charge is -2.20. The van der Waals surface area contributed by atoms with E-state index in [1.807, 2.05) is 0 Å². The summed E-state index contributed by atoms with van der Waals surface area (Å²) in [5.41, 5.74) is 0. The number of halogens is 4. The van der Waals surface area contributed by atoms with Gasteiger partial charge >= 0.3 is 12.1 Å². The van der Waals surface area contributed by atoms with Crippen molar-refractivity contribution in [2.75, 3.05) is 13.1 Å². The average Bonchev–Trinajstić information content (AvgIpc) is 2.46. The molecular formula is C9H9BrF3NO3. The average molecular weight is 316 g/mol. The van der Waals surface area contributed by atoms with E-state index in [1.165, 1.54) is 12.3 Å². The molecule has 0 radical (unpaired) electrons. The number of alkyl halides is 3. The maximum atomic E-state index is 12.2. The van der Waals surface area contributed by atoms with E-state index in [0.29, 0.717) is 4.47 Å². The molecule has 0 atom stereocenters. The number of hydrogen-bond donors (Lipinski definition) is 1. The van der Waals surface area contributed by atoms with Crippen molar-refractivity contribution >= 4 is 21.9 Å². The largest absolute Gasteiger partial charge is 0.480 e. The van der Waals surface area contributed by atoms with E-state index >= 15 is 0 Å². The minimum absolute atomic E-state index is 0.211. The summed E-state index contributed by atoms with van der Waals surface area (Å²) in [5.74, 6) is -1.05. The fourth-order valence-corrected chi connectivity index (χ4v) is 1.62. The number of carboxylic acids is 1. The van der Waals surface area contributed by atoms with Gasteiger partial charge in [-0.2, -0.15) is 13.2 Å². The van der Waals surface area contributed by atoms with Crippen LogP contribution in [0.4, 0.5) is 13.2 Å². The molecule has 0 unspecified atom stereocenters. The highest BCUT2D eigenvalue weighted by Crippen LogP contribution is 2.20. The van der Waals surface area contributed by atoms with Crippen LogP contribution in [0, 0.1) is 0 Å². The minimum Gasteiger partial charge on any atom is -0.480 e. The molecule has 0 fully saturated rings. The molecule has 1 N–H and O–H groups in total. The van der Waals surface area contributed by atoms with E-state index < -0.39 is 25.2 Å². The van der Waals surface area contributed by atoms with Crippen LogP contribution in [0.3, 0.4) is 0 Å². The number of aliphatic carboxylic acids is 1. The summed E-state index contributed by atoms with van der Waals surface area (Å²) < 4.78 is 42.1.